The van der Waals surface area contributed by atoms with Gasteiger partial charge in [-0.1, -0.05) is 50.1 Å². The number of halogens is 1. The third-order valence-corrected chi connectivity index (χ3v) is 9.52. The van der Waals surface area contributed by atoms with E-state index >= 15 is 0 Å². The van der Waals surface area contributed by atoms with Gasteiger partial charge in [-0.05, 0) is 105 Å². The van der Waals surface area contributed by atoms with Crippen LogP contribution in [0.5, 0.6) is 0 Å². The lowest BCUT2D eigenvalue weighted by atomic mass is 9.51. The Morgan fingerprint density at radius 2 is 1.47 bits per heavy atom. The van der Waals surface area contributed by atoms with Crippen LogP contribution in [0.4, 0.5) is 4.39 Å². The zero-order chi connectivity index (χ0) is 22.7. The molecule has 1 spiro atoms. The maximum absolute atomic E-state index is 12.6. The van der Waals surface area contributed by atoms with Gasteiger partial charge in [-0.3, -0.25) is 0 Å². The van der Waals surface area contributed by atoms with E-state index in [-0.39, 0.29) is 5.41 Å². The maximum atomic E-state index is 12.6. The largest absolute Gasteiger partial charge is 0.402 e. The van der Waals surface area contributed by atoms with E-state index in [9.17, 15) is 4.39 Å². The van der Waals surface area contributed by atoms with Crippen molar-refractivity contribution in [1.82, 2.24) is 0 Å². The first kappa shape index (κ1) is 23.5. The summed E-state index contributed by atoms with van der Waals surface area (Å²) < 4.78 is 12.6. The standard InChI is InChI=1S/C21H29FN2.C8H14/c1-16(24)20-8-11-21(12-9-20,13-10-20)19-6-4-17(5-7-19)2-3-18(14-22)15-23;1-2-4-8(5-3-1)6-7-8/h4-7,14H,1-3,8-13,15,23-24H2;1-7H2/b18-14-;. The SMILES string of the molecule is C1CCC2(CC1)CC2.C=C(N)C12CCC(c3ccc(CC/C(=C/F)CN)cc3)(CC1)CC2. The zero-order valence-electron chi connectivity index (χ0n) is 19.9. The molecule has 5 aliphatic carbocycles. The van der Waals surface area contributed by atoms with Crippen molar-refractivity contribution >= 4 is 0 Å². The molecule has 2 nitrogen and oxygen atoms in total. The average molecular weight is 439 g/mol. The summed E-state index contributed by atoms with van der Waals surface area (Å²) in [4.78, 5) is 0. The molecule has 1 aromatic rings. The minimum atomic E-state index is 0.207. The molecule has 3 heteroatoms. The van der Waals surface area contributed by atoms with E-state index in [1.54, 1.807) is 25.7 Å². The highest BCUT2D eigenvalue weighted by molar-refractivity contribution is 5.33. The molecule has 32 heavy (non-hydrogen) atoms. The monoisotopic (exact) mass is 438 g/mol. The second kappa shape index (κ2) is 9.71. The van der Waals surface area contributed by atoms with Crippen LogP contribution in [0.1, 0.15) is 101 Å². The number of hydrogen-bond donors (Lipinski definition) is 2. The first-order chi connectivity index (χ1) is 15.4. The summed E-state index contributed by atoms with van der Waals surface area (Å²) >= 11 is 0. The van der Waals surface area contributed by atoms with Crippen LogP contribution in [-0.4, -0.2) is 6.54 Å². The second-order valence-corrected chi connectivity index (χ2v) is 11.3. The van der Waals surface area contributed by atoms with Crippen LogP contribution in [0.2, 0.25) is 0 Å². The van der Waals surface area contributed by atoms with Crippen molar-refractivity contribution in [3.8, 4) is 0 Å². The lowest BCUT2D eigenvalue weighted by Crippen LogP contribution is -2.46. The molecule has 5 saturated carbocycles. The van der Waals surface area contributed by atoms with Crippen molar-refractivity contribution in [3.63, 3.8) is 0 Å². The van der Waals surface area contributed by atoms with E-state index in [2.05, 4.69) is 30.8 Å². The number of rotatable bonds is 6. The van der Waals surface area contributed by atoms with E-state index in [1.165, 1.54) is 68.9 Å². The van der Waals surface area contributed by atoms with Gasteiger partial charge in [-0.2, -0.15) is 0 Å². The summed E-state index contributed by atoms with van der Waals surface area (Å²) in [5.74, 6) is 0. The summed E-state index contributed by atoms with van der Waals surface area (Å²) in [6.07, 6.45) is 20.2. The van der Waals surface area contributed by atoms with Gasteiger partial charge in [0.15, 0.2) is 0 Å². The number of allylic oxidation sites excluding steroid dienone is 1. The highest BCUT2D eigenvalue weighted by Gasteiger charge is 2.50. The van der Waals surface area contributed by atoms with Crippen molar-refractivity contribution in [1.29, 1.82) is 0 Å². The van der Waals surface area contributed by atoms with Crippen molar-refractivity contribution in [2.45, 2.75) is 102 Å². The minimum Gasteiger partial charge on any atom is -0.402 e. The van der Waals surface area contributed by atoms with Crippen LogP contribution in [0.3, 0.4) is 0 Å². The summed E-state index contributed by atoms with van der Waals surface area (Å²) in [7, 11) is 0. The highest BCUT2D eigenvalue weighted by atomic mass is 19.1. The smallest absolute Gasteiger partial charge is 0.0871 e. The van der Waals surface area contributed by atoms with Crippen LogP contribution in [-0.2, 0) is 11.8 Å². The molecule has 0 heterocycles. The fourth-order valence-electron chi connectivity index (χ4n) is 6.61. The van der Waals surface area contributed by atoms with Gasteiger partial charge < -0.3 is 11.5 Å². The molecule has 0 saturated heterocycles. The number of benzene rings is 1. The van der Waals surface area contributed by atoms with E-state index in [0.717, 1.165) is 17.5 Å². The number of aryl methyl sites for hydroxylation is 1. The molecule has 6 rings (SSSR count). The molecule has 1 aromatic carbocycles. The lowest BCUT2D eigenvalue weighted by Gasteiger charge is -2.54. The third-order valence-electron chi connectivity index (χ3n) is 9.52. The molecule has 0 amide bonds. The molecule has 4 N–H and O–H groups in total. The van der Waals surface area contributed by atoms with Gasteiger partial charge in [0.25, 0.3) is 0 Å². The molecule has 5 fully saturated rings. The molecule has 0 radical (unpaired) electrons. The number of nitrogens with two attached hydrogens (primary N) is 2. The van der Waals surface area contributed by atoms with Crippen LogP contribution in [0, 0.1) is 10.8 Å². The second-order valence-electron chi connectivity index (χ2n) is 11.3. The van der Waals surface area contributed by atoms with Gasteiger partial charge in [-0.25, -0.2) is 4.39 Å². The summed E-state index contributed by atoms with van der Waals surface area (Å²) in [5.41, 5.74) is 17.3. The van der Waals surface area contributed by atoms with E-state index < -0.39 is 0 Å². The first-order valence-corrected chi connectivity index (χ1v) is 13.0. The molecule has 0 aliphatic heterocycles. The molecule has 5 aliphatic rings. The Morgan fingerprint density at radius 3 is 1.91 bits per heavy atom. The molecule has 0 atom stereocenters. The Labute approximate surface area is 194 Å². The topological polar surface area (TPSA) is 52.0 Å². The highest BCUT2D eigenvalue weighted by Crippen LogP contribution is 2.59. The fraction of sp³-hybridized carbons (Fsp3) is 0.655. The predicted molar refractivity (Wildman–Crippen MR) is 133 cm³/mol. The minimum absolute atomic E-state index is 0.207. The Kier molecular flexibility index (Phi) is 7.14. The zero-order valence-corrected chi connectivity index (χ0v) is 19.9. The van der Waals surface area contributed by atoms with Crippen molar-refractivity contribution in [2.24, 2.45) is 22.3 Å². The molecular formula is C29H43FN2. The fourth-order valence-corrected chi connectivity index (χ4v) is 6.61. The van der Waals surface area contributed by atoms with Gasteiger partial charge >= 0.3 is 0 Å². The van der Waals surface area contributed by atoms with Gasteiger partial charge in [0.1, 0.15) is 0 Å². The molecule has 0 aromatic heterocycles. The van der Waals surface area contributed by atoms with Gasteiger partial charge in [0.05, 0.1) is 6.33 Å². The van der Waals surface area contributed by atoms with Crippen molar-refractivity contribution < 1.29 is 4.39 Å². The van der Waals surface area contributed by atoms with E-state index in [1.807, 2.05) is 0 Å². The van der Waals surface area contributed by atoms with Crippen LogP contribution in [0.25, 0.3) is 0 Å². The summed E-state index contributed by atoms with van der Waals surface area (Å²) in [6, 6.07) is 8.97. The van der Waals surface area contributed by atoms with Gasteiger partial charge in [0.2, 0.25) is 0 Å². The Bertz CT molecular complexity index is 786. The predicted octanol–water partition coefficient (Wildman–Crippen LogP) is 7.23. The van der Waals surface area contributed by atoms with Crippen molar-refractivity contribution in [3.05, 3.63) is 59.6 Å². The Morgan fingerprint density at radius 1 is 0.875 bits per heavy atom. The normalized spacial score (nSPS) is 30.5. The summed E-state index contributed by atoms with van der Waals surface area (Å²) in [6.45, 7) is 4.34. The van der Waals surface area contributed by atoms with Crippen molar-refractivity contribution in [2.75, 3.05) is 6.54 Å². The Hall–Kier alpha value is -1.61. The summed E-state index contributed by atoms with van der Waals surface area (Å²) in [5, 5.41) is 0. The van der Waals surface area contributed by atoms with Crippen LogP contribution >= 0.6 is 0 Å². The molecule has 176 valence electrons. The maximum Gasteiger partial charge on any atom is 0.0871 e. The number of hydrogen-bond acceptors (Lipinski definition) is 2. The van der Waals surface area contributed by atoms with E-state index in [0.29, 0.717) is 30.3 Å². The van der Waals surface area contributed by atoms with Gasteiger partial charge in [0, 0.05) is 17.7 Å². The molecule has 0 unspecified atom stereocenters. The number of fused-ring (bicyclic) bond motifs is 3. The third kappa shape index (κ3) is 4.98. The lowest BCUT2D eigenvalue weighted by molar-refractivity contribution is 0.0688. The van der Waals surface area contributed by atoms with Crippen LogP contribution in [0.15, 0.2) is 48.4 Å². The quantitative estimate of drug-likeness (QED) is 0.492. The van der Waals surface area contributed by atoms with E-state index in [4.69, 9.17) is 11.5 Å². The first-order valence-electron chi connectivity index (χ1n) is 13.0. The average Bonchev–Trinajstić information content (AvgIpc) is 3.60. The Balaban J connectivity index is 0.000000254. The van der Waals surface area contributed by atoms with Gasteiger partial charge in [-0.15, -0.1) is 0 Å². The van der Waals surface area contributed by atoms with Crippen LogP contribution < -0.4 is 11.5 Å². The molecule has 2 bridgehead atoms. The molecular weight excluding hydrogens is 395 g/mol.